The van der Waals surface area contributed by atoms with Gasteiger partial charge in [-0.15, -0.1) is 0 Å². The normalized spacial score (nSPS) is 14.3. The van der Waals surface area contributed by atoms with Crippen molar-refractivity contribution in [2.45, 2.75) is 38.3 Å². The highest BCUT2D eigenvalue weighted by molar-refractivity contribution is 6.54. The molecular weight excluding hydrogens is 429 g/mol. The van der Waals surface area contributed by atoms with E-state index in [4.69, 9.17) is 14.7 Å². The third-order valence-corrected chi connectivity index (χ3v) is 5.64. The fraction of sp³-hybridized carbons (Fsp3) is 0.250. The standard InChI is InChI=1S/C28H28FN3O2/c1-28(19-9-4-10-20-30-27(33)34-24-17-15-23(29)16-18-24)31-25(21-11-5-2-6-12-21)26(32-28)22-13-7-3-8-14-22/h2-3,5-8,11-18H,4,9-10,19-20H2,1H3,(H,30,33). The molecule has 6 heteroatoms. The summed E-state index contributed by atoms with van der Waals surface area (Å²) >= 11 is 0. The van der Waals surface area contributed by atoms with Crippen molar-refractivity contribution in [1.29, 1.82) is 0 Å². The van der Waals surface area contributed by atoms with Gasteiger partial charge in [-0.25, -0.2) is 9.18 Å². The van der Waals surface area contributed by atoms with Gasteiger partial charge in [-0.1, -0.05) is 67.1 Å². The molecule has 1 N–H and O–H groups in total. The second-order valence-electron chi connectivity index (χ2n) is 8.45. The molecule has 1 aliphatic rings. The number of carbonyl (C=O) groups excluding carboxylic acids is 1. The Hall–Kier alpha value is -3.80. The van der Waals surface area contributed by atoms with Gasteiger partial charge in [0.1, 0.15) is 17.2 Å². The van der Waals surface area contributed by atoms with Crippen LogP contribution in [0.1, 0.15) is 43.7 Å². The SMILES string of the molecule is CC1(CCCCCNC(=O)Oc2ccc(F)cc2)N=C(c2ccccc2)C(c2ccccc2)=N1. The summed E-state index contributed by atoms with van der Waals surface area (Å²) in [7, 11) is 0. The number of nitrogens with one attached hydrogen (secondary N) is 1. The first-order valence-electron chi connectivity index (χ1n) is 11.5. The summed E-state index contributed by atoms with van der Waals surface area (Å²) in [5.41, 5.74) is 3.49. The van der Waals surface area contributed by atoms with Crippen LogP contribution in [0.25, 0.3) is 0 Å². The number of hydrogen-bond donors (Lipinski definition) is 1. The smallest absolute Gasteiger partial charge is 0.410 e. The van der Waals surface area contributed by atoms with Gasteiger partial charge in [-0.2, -0.15) is 0 Å². The average molecular weight is 458 g/mol. The fourth-order valence-electron chi connectivity index (χ4n) is 3.92. The minimum absolute atomic E-state index is 0.312. The first kappa shape index (κ1) is 23.4. The molecule has 0 aliphatic carbocycles. The number of hydrogen-bond acceptors (Lipinski definition) is 4. The van der Waals surface area contributed by atoms with Crippen LogP contribution in [0.2, 0.25) is 0 Å². The van der Waals surface area contributed by atoms with Gasteiger partial charge in [0.2, 0.25) is 0 Å². The molecule has 0 saturated carbocycles. The first-order valence-corrected chi connectivity index (χ1v) is 11.5. The monoisotopic (exact) mass is 457 g/mol. The number of rotatable bonds is 9. The second kappa shape index (κ2) is 10.9. The summed E-state index contributed by atoms with van der Waals surface area (Å²) in [6, 6.07) is 25.7. The van der Waals surface area contributed by atoms with Gasteiger partial charge >= 0.3 is 6.09 Å². The fourth-order valence-corrected chi connectivity index (χ4v) is 3.92. The third-order valence-electron chi connectivity index (χ3n) is 5.64. The summed E-state index contributed by atoms with van der Waals surface area (Å²) in [4.78, 5) is 22.0. The van der Waals surface area contributed by atoms with E-state index < -0.39 is 11.8 Å². The molecule has 0 atom stereocenters. The van der Waals surface area contributed by atoms with Crippen molar-refractivity contribution < 1.29 is 13.9 Å². The van der Waals surface area contributed by atoms with Crippen LogP contribution >= 0.6 is 0 Å². The van der Waals surface area contributed by atoms with Gasteiger partial charge in [-0.05, 0) is 50.5 Å². The van der Waals surface area contributed by atoms with E-state index in [1.807, 2.05) is 36.4 Å². The lowest BCUT2D eigenvalue weighted by atomic mass is 10.0. The number of aliphatic imine (C=N–C) groups is 2. The van der Waals surface area contributed by atoms with E-state index in [0.29, 0.717) is 12.3 Å². The number of benzene rings is 3. The van der Waals surface area contributed by atoms with E-state index in [1.165, 1.54) is 24.3 Å². The predicted octanol–water partition coefficient (Wildman–Crippen LogP) is 6.18. The molecule has 1 heterocycles. The molecule has 3 aromatic rings. The molecule has 0 spiro atoms. The predicted molar refractivity (Wildman–Crippen MR) is 133 cm³/mol. The van der Waals surface area contributed by atoms with Crippen LogP contribution in [0, 0.1) is 5.82 Å². The summed E-state index contributed by atoms with van der Waals surface area (Å²) in [5.74, 6) is -0.0589. The van der Waals surface area contributed by atoms with Gasteiger partial charge in [0, 0.05) is 17.7 Å². The highest BCUT2D eigenvalue weighted by Gasteiger charge is 2.32. The van der Waals surface area contributed by atoms with Crippen molar-refractivity contribution in [3.05, 3.63) is 102 Å². The van der Waals surface area contributed by atoms with Gasteiger partial charge in [-0.3, -0.25) is 9.98 Å². The Morgan fingerprint density at radius 3 is 1.94 bits per heavy atom. The van der Waals surface area contributed by atoms with Crippen LogP contribution in [0.4, 0.5) is 9.18 Å². The zero-order valence-corrected chi connectivity index (χ0v) is 19.2. The number of amides is 1. The number of ether oxygens (including phenoxy) is 1. The zero-order valence-electron chi connectivity index (χ0n) is 19.2. The maximum Gasteiger partial charge on any atom is 0.412 e. The Kier molecular flexibility index (Phi) is 7.48. The lowest BCUT2D eigenvalue weighted by Crippen LogP contribution is -2.27. The maximum absolute atomic E-state index is 12.9. The van der Waals surface area contributed by atoms with Crippen LogP contribution in [0.5, 0.6) is 5.75 Å². The Balaban J connectivity index is 1.29. The van der Waals surface area contributed by atoms with Crippen LogP contribution < -0.4 is 10.1 Å². The molecule has 5 nitrogen and oxygen atoms in total. The largest absolute Gasteiger partial charge is 0.412 e. The van der Waals surface area contributed by atoms with Crippen LogP contribution in [0.3, 0.4) is 0 Å². The Morgan fingerprint density at radius 1 is 0.824 bits per heavy atom. The highest BCUT2D eigenvalue weighted by Crippen LogP contribution is 2.30. The van der Waals surface area contributed by atoms with E-state index >= 15 is 0 Å². The molecule has 3 aromatic carbocycles. The van der Waals surface area contributed by atoms with Crippen molar-refractivity contribution in [3.63, 3.8) is 0 Å². The van der Waals surface area contributed by atoms with Gasteiger partial charge in [0.15, 0.2) is 0 Å². The zero-order chi connectivity index (χ0) is 23.8. The van der Waals surface area contributed by atoms with E-state index in [0.717, 1.165) is 48.2 Å². The highest BCUT2D eigenvalue weighted by atomic mass is 19.1. The van der Waals surface area contributed by atoms with E-state index in [1.54, 1.807) is 0 Å². The number of unbranched alkanes of at least 4 members (excludes halogenated alkanes) is 2. The van der Waals surface area contributed by atoms with Crippen LogP contribution in [0.15, 0.2) is 94.9 Å². The topological polar surface area (TPSA) is 63.0 Å². The molecule has 0 unspecified atom stereocenters. The van der Waals surface area contributed by atoms with Crippen molar-refractivity contribution in [2.24, 2.45) is 9.98 Å². The Labute approximate surface area is 199 Å². The van der Waals surface area contributed by atoms with Crippen molar-refractivity contribution in [2.75, 3.05) is 6.54 Å². The molecule has 0 bridgehead atoms. The minimum Gasteiger partial charge on any atom is -0.410 e. The molecule has 1 amide bonds. The molecule has 174 valence electrons. The average Bonchev–Trinajstić information content (AvgIpc) is 3.22. The van der Waals surface area contributed by atoms with Crippen LogP contribution in [-0.2, 0) is 0 Å². The Morgan fingerprint density at radius 2 is 1.38 bits per heavy atom. The van der Waals surface area contributed by atoms with Crippen molar-refractivity contribution in [1.82, 2.24) is 5.32 Å². The first-order chi connectivity index (χ1) is 16.5. The molecule has 0 aromatic heterocycles. The Bertz CT molecular complexity index is 1100. The minimum atomic E-state index is -0.538. The maximum atomic E-state index is 12.9. The number of carbonyl (C=O) groups is 1. The van der Waals surface area contributed by atoms with Gasteiger partial charge in [0.25, 0.3) is 0 Å². The lowest BCUT2D eigenvalue weighted by molar-refractivity contribution is 0.200. The summed E-state index contributed by atoms with van der Waals surface area (Å²) < 4.78 is 18.1. The lowest BCUT2D eigenvalue weighted by Gasteiger charge is -2.17. The molecule has 0 fully saturated rings. The van der Waals surface area contributed by atoms with Gasteiger partial charge in [0.05, 0.1) is 11.4 Å². The number of nitrogens with zero attached hydrogens (tertiary/aromatic N) is 2. The summed E-state index contributed by atoms with van der Waals surface area (Å²) in [5, 5.41) is 2.73. The second-order valence-corrected chi connectivity index (χ2v) is 8.45. The van der Waals surface area contributed by atoms with Gasteiger partial charge < -0.3 is 10.1 Å². The van der Waals surface area contributed by atoms with Crippen molar-refractivity contribution >= 4 is 17.5 Å². The molecule has 4 rings (SSSR count). The summed E-state index contributed by atoms with van der Waals surface area (Å²) in [6.45, 7) is 2.58. The quantitative estimate of drug-likeness (QED) is 0.390. The molecule has 0 saturated heterocycles. The van der Waals surface area contributed by atoms with Crippen molar-refractivity contribution in [3.8, 4) is 5.75 Å². The molecule has 1 aliphatic heterocycles. The van der Waals surface area contributed by atoms with Crippen LogP contribution in [-0.4, -0.2) is 29.7 Å². The third kappa shape index (κ3) is 6.16. The molecule has 0 radical (unpaired) electrons. The van der Waals surface area contributed by atoms with E-state index in [9.17, 15) is 9.18 Å². The van der Waals surface area contributed by atoms with E-state index in [2.05, 4.69) is 36.5 Å². The number of halogens is 1. The van der Waals surface area contributed by atoms with E-state index in [-0.39, 0.29) is 5.82 Å². The molecular formula is C28H28FN3O2. The molecule has 34 heavy (non-hydrogen) atoms. The summed E-state index contributed by atoms with van der Waals surface area (Å²) in [6.07, 6.45) is 2.96.